The van der Waals surface area contributed by atoms with E-state index in [2.05, 4.69) is 21.7 Å². The van der Waals surface area contributed by atoms with Gasteiger partial charge in [-0.3, -0.25) is 14.3 Å². The third kappa shape index (κ3) is 4.90. The number of imidazole rings is 1. The number of aromatic amines is 1. The second-order valence-electron chi connectivity index (χ2n) is 9.74. The Morgan fingerprint density at radius 1 is 1.11 bits per heavy atom. The number of likely N-dealkylation sites (tertiary alicyclic amines) is 1. The zero-order valence-electron chi connectivity index (χ0n) is 21.0. The summed E-state index contributed by atoms with van der Waals surface area (Å²) in [7, 11) is 1.61. The van der Waals surface area contributed by atoms with Crippen molar-refractivity contribution < 1.29 is 9.53 Å². The number of ether oxygens (including phenoxy) is 1. The van der Waals surface area contributed by atoms with E-state index in [-0.39, 0.29) is 11.6 Å². The Balaban J connectivity index is 1.43. The van der Waals surface area contributed by atoms with Crippen LogP contribution < -0.4 is 10.4 Å². The molecule has 192 valence electrons. The Bertz CT molecular complexity index is 1260. The summed E-state index contributed by atoms with van der Waals surface area (Å²) >= 11 is 6.28. The van der Waals surface area contributed by atoms with E-state index in [1.54, 1.807) is 29.9 Å². The minimum Gasteiger partial charge on any atom is -0.497 e. The molecule has 5 rings (SSSR count). The van der Waals surface area contributed by atoms with Gasteiger partial charge in [-0.05, 0) is 55.3 Å². The molecule has 2 atom stereocenters. The third-order valence-corrected chi connectivity index (χ3v) is 7.78. The lowest BCUT2D eigenvalue weighted by Gasteiger charge is -2.38. The van der Waals surface area contributed by atoms with E-state index in [1.165, 1.54) is 6.42 Å². The number of benzene rings is 2. The molecule has 0 spiro atoms. The third-order valence-electron chi connectivity index (χ3n) is 7.54. The number of amides is 1. The summed E-state index contributed by atoms with van der Waals surface area (Å²) < 4.78 is 6.86. The second kappa shape index (κ2) is 10.7. The molecule has 9 heteroatoms. The SMILES string of the molecule is CCCN1CCN(C2CCN(C(=O)C(c3ccc(OC)cc3)n3c(=O)[nH]c4ccc(Cl)cc43)C2)CC1. The first-order valence-electron chi connectivity index (χ1n) is 12.8. The highest BCUT2D eigenvalue weighted by atomic mass is 35.5. The molecule has 2 aliphatic rings. The molecule has 8 nitrogen and oxygen atoms in total. The van der Waals surface area contributed by atoms with Gasteiger partial charge in [-0.2, -0.15) is 0 Å². The molecule has 2 fully saturated rings. The average molecular weight is 512 g/mol. The number of rotatable bonds is 7. The lowest BCUT2D eigenvalue weighted by Crippen LogP contribution is -2.51. The summed E-state index contributed by atoms with van der Waals surface area (Å²) in [6.07, 6.45) is 2.13. The van der Waals surface area contributed by atoms with E-state index >= 15 is 0 Å². The van der Waals surface area contributed by atoms with E-state index in [9.17, 15) is 9.59 Å². The number of nitrogens with one attached hydrogen (secondary N) is 1. The molecule has 2 aromatic carbocycles. The Hall–Kier alpha value is -2.81. The predicted molar refractivity (Wildman–Crippen MR) is 142 cm³/mol. The van der Waals surface area contributed by atoms with Gasteiger partial charge in [-0.25, -0.2) is 4.79 Å². The number of piperazine rings is 1. The van der Waals surface area contributed by atoms with Crippen LogP contribution in [-0.2, 0) is 4.79 Å². The van der Waals surface area contributed by atoms with Crippen LogP contribution in [0.15, 0.2) is 47.3 Å². The van der Waals surface area contributed by atoms with Crippen LogP contribution in [0, 0.1) is 0 Å². The number of carbonyl (C=O) groups is 1. The van der Waals surface area contributed by atoms with Crippen molar-refractivity contribution in [3.05, 3.63) is 63.5 Å². The molecule has 2 saturated heterocycles. The fourth-order valence-corrected chi connectivity index (χ4v) is 5.79. The molecular weight excluding hydrogens is 478 g/mol. The van der Waals surface area contributed by atoms with Gasteiger partial charge >= 0.3 is 5.69 Å². The Kier molecular flexibility index (Phi) is 7.37. The Morgan fingerprint density at radius 3 is 2.56 bits per heavy atom. The first-order valence-corrected chi connectivity index (χ1v) is 13.1. The van der Waals surface area contributed by atoms with Crippen LogP contribution in [0.25, 0.3) is 11.0 Å². The van der Waals surface area contributed by atoms with Gasteiger partial charge in [0.1, 0.15) is 11.8 Å². The highest BCUT2D eigenvalue weighted by Crippen LogP contribution is 2.29. The Morgan fingerprint density at radius 2 is 1.86 bits per heavy atom. The molecule has 2 aliphatic heterocycles. The predicted octanol–water partition coefficient (Wildman–Crippen LogP) is 3.21. The zero-order chi connectivity index (χ0) is 25.2. The van der Waals surface area contributed by atoms with Crippen molar-refractivity contribution in [2.75, 3.05) is 52.9 Å². The lowest BCUT2D eigenvalue weighted by atomic mass is 10.0. The number of halogens is 1. The number of methoxy groups -OCH3 is 1. The van der Waals surface area contributed by atoms with Crippen LogP contribution in [0.2, 0.25) is 5.02 Å². The standard InChI is InChI=1S/C27H34ClN5O3/c1-3-11-30-13-15-31(16-14-30)21-10-12-32(18-21)26(34)25(19-4-7-22(36-2)8-5-19)33-24-17-20(28)6-9-23(24)29-27(33)35/h4-9,17,21,25H,3,10-16,18H2,1-2H3,(H,29,35). The highest BCUT2D eigenvalue weighted by molar-refractivity contribution is 6.31. The summed E-state index contributed by atoms with van der Waals surface area (Å²) in [5.41, 5.74) is 1.68. The van der Waals surface area contributed by atoms with E-state index in [0.29, 0.717) is 40.9 Å². The summed E-state index contributed by atoms with van der Waals surface area (Å²) in [5.74, 6) is 0.623. The second-order valence-corrected chi connectivity index (χ2v) is 10.2. The molecule has 0 radical (unpaired) electrons. The van der Waals surface area contributed by atoms with Crippen LogP contribution in [0.3, 0.4) is 0 Å². The first-order chi connectivity index (χ1) is 17.5. The van der Waals surface area contributed by atoms with E-state index in [1.807, 2.05) is 29.2 Å². The first kappa shape index (κ1) is 24.9. The number of nitrogens with zero attached hydrogens (tertiary/aromatic N) is 4. The normalized spacial score (nSPS) is 20.2. The van der Waals surface area contributed by atoms with Crippen molar-refractivity contribution in [3.63, 3.8) is 0 Å². The molecule has 0 saturated carbocycles. The van der Waals surface area contributed by atoms with Crippen molar-refractivity contribution in [3.8, 4) is 5.75 Å². The minimum atomic E-state index is -0.796. The van der Waals surface area contributed by atoms with Crippen LogP contribution >= 0.6 is 11.6 Å². The topological polar surface area (TPSA) is 73.8 Å². The van der Waals surface area contributed by atoms with Gasteiger partial charge < -0.3 is 19.5 Å². The average Bonchev–Trinajstić information content (AvgIpc) is 3.50. The smallest absolute Gasteiger partial charge is 0.327 e. The maximum atomic E-state index is 14.1. The van der Waals surface area contributed by atoms with Gasteiger partial charge in [0.05, 0.1) is 18.1 Å². The van der Waals surface area contributed by atoms with Crippen LogP contribution in [0.4, 0.5) is 0 Å². The van der Waals surface area contributed by atoms with Gasteiger partial charge in [0.2, 0.25) is 0 Å². The van der Waals surface area contributed by atoms with Crippen LogP contribution in [-0.4, -0.2) is 89.1 Å². The zero-order valence-corrected chi connectivity index (χ0v) is 21.7. The molecule has 36 heavy (non-hydrogen) atoms. The number of hydrogen-bond donors (Lipinski definition) is 1. The quantitative estimate of drug-likeness (QED) is 0.527. The molecule has 2 unspecified atom stereocenters. The van der Waals surface area contributed by atoms with Gasteiger partial charge in [0.15, 0.2) is 0 Å². The van der Waals surface area contributed by atoms with Crippen molar-refractivity contribution in [2.45, 2.75) is 31.8 Å². The summed E-state index contributed by atoms with van der Waals surface area (Å²) in [6.45, 7) is 8.97. The lowest BCUT2D eigenvalue weighted by molar-refractivity contribution is -0.132. The fraction of sp³-hybridized carbons (Fsp3) is 0.481. The molecule has 0 aliphatic carbocycles. The molecular formula is C27H34ClN5O3. The molecule has 1 aromatic heterocycles. The van der Waals surface area contributed by atoms with E-state index < -0.39 is 6.04 Å². The molecule has 1 amide bonds. The van der Waals surface area contributed by atoms with Gasteiger partial charge in [0.25, 0.3) is 5.91 Å². The van der Waals surface area contributed by atoms with Crippen molar-refractivity contribution in [2.24, 2.45) is 0 Å². The monoisotopic (exact) mass is 511 g/mol. The number of carbonyl (C=O) groups excluding carboxylic acids is 1. The van der Waals surface area contributed by atoms with E-state index in [0.717, 1.165) is 44.7 Å². The maximum absolute atomic E-state index is 14.1. The summed E-state index contributed by atoms with van der Waals surface area (Å²) in [5, 5.41) is 0.514. The summed E-state index contributed by atoms with van der Waals surface area (Å²) in [6, 6.07) is 12.2. The Labute approximate surface area is 216 Å². The fourth-order valence-electron chi connectivity index (χ4n) is 5.62. The van der Waals surface area contributed by atoms with Gasteiger partial charge in [-0.1, -0.05) is 30.7 Å². The number of aromatic nitrogens is 2. The van der Waals surface area contributed by atoms with Gasteiger partial charge in [-0.15, -0.1) is 0 Å². The molecule has 3 heterocycles. The maximum Gasteiger partial charge on any atom is 0.327 e. The minimum absolute atomic E-state index is 0.0738. The van der Waals surface area contributed by atoms with Crippen molar-refractivity contribution in [1.29, 1.82) is 0 Å². The number of hydrogen-bond acceptors (Lipinski definition) is 5. The largest absolute Gasteiger partial charge is 0.497 e. The molecule has 0 bridgehead atoms. The van der Waals surface area contributed by atoms with Crippen molar-refractivity contribution in [1.82, 2.24) is 24.3 Å². The molecule has 1 N–H and O–H groups in total. The van der Waals surface area contributed by atoms with Crippen molar-refractivity contribution >= 4 is 28.5 Å². The van der Waals surface area contributed by atoms with Crippen LogP contribution in [0.5, 0.6) is 5.75 Å². The van der Waals surface area contributed by atoms with Crippen LogP contribution in [0.1, 0.15) is 31.4 Å². The van der Waals surface area contributed by atoms with E-state index in [4.69, 9.17) is 16.3 Å². The summed E-state index contributed by atoms with van der Waals surface area (Å²) in [4.78, 5) is 37.1. The number of H-pyrrole nitrogens is 1. The number of fused-ring (bicyclic) bond motifs is 1. The highest BCUT2D eigenvalue weighted by Gasteiger charge is 2.37. The molecule has 3 aromatic rings. The van der Waals surface area contributed by atoms with Gasteiger partial charge in [0, 0.05) is 50.3 Å².